The molecule has 0 spiro atoms. The van der Waals surface area contributed by atoms with Gasteiger partial charge in [0, 0.05) is 18.8 Å². The molecule has 1 heterocycles. The zero-order chi connectivity index (χ0) is 14.5. The maximum Gasteiger partial charge on any atom is 0.256 e. The van der Waals surface area contributed by atoms with Crippen LogP contribution < -0.4 is 5.73 Å². The lowest BCUT2D eigenvalue weighted by Crippen LogP contribution is -2.41. The zero-order valence-electron chi connectivity index (χ0n) is 11.2. The smallest absolute Gasteiger partial charge is 0.256 e. The van der Waals surface area contributed by atoms with Gasteiger partial charge < -0.3 is 20.5 Å². The third-order valence-electron chi connectivity index (χ3n) is 3.42. The van der Waals surface area contributed by atoms with E-state index in [-0.39, 0.29) is 29.9 Å². The van der Waals surface area contributed by atoms with E-state index in [1.807, 2.05) is 0 Å². The van der Waals surface area contributed by atoms with Crippen molar-refractivity contribution in [2.75, 3.05) is 32.0 Å². The van der Waals surface area contributed by atoms with Crippen molar-refractivity contribution in [2.24, 2.45) is 0 Å². The zero-order valence-corrected chi connectivity index (χ0v) is 11.2. The van der Waals surface area contributed by atoms with Gasteiger partial charge in [-0.2, -0.15) is 0 Å². The Morgan fingerprint density at radius 3 is 2.80 bits per heavy atom. The molecule has 2 rings (SSSR count). The number of aliphatic hydroxyl groups excluding tert-OH is 1. The number of benzene rings is 1. The highest BCUT2D eigenvalue weighted by Gasteiger charge is 2.25. The number of likely N-dealkylation sites (tertiary alicyclic amines) is 1. The Hall–Kier alpha value is -1.66. The Balaban J connectivity index is 1.96. The topological polar surface area (TPSA) is 75.8 Å². The van der Waals surface area contributed by atoms with Crippen molar-refractivity contribution >= 4 is 11.6 Å². The van der Waals surface area contributed by atoms with Crippen LogP contribution >= 0.6 is 0 Å². The predicted octanol–water partition coefficient (Wildman–Crippen LogP) is 1.02. The molecular weight excluding hydrogens is 263 g/mol. The van der Waals surface area contributed by atoms with Crippen LogP contribution in [0.3, 0.4) is 0 Å². The molecule has 0 aliphatic carbocycles. The molecule has 5 nitrogen and oxygen atoms in total. The van der Waals surface area contributed by atoms with Crippen LogP contribution in [-0.4, -0.2) is 48.3 Å². The van der Waals surface area contributed by atoms with E-state index < -0.39 is 5.82 Å². The highest BCUT2D eigenvalue weighted by molar-refractivity contribution is 5.99. The van der Waals surface area contributed by atoms with Gasteiger partial charge in [-0.05, 0) is 31.0 Å². The molecule has 110 valence electrons. The van der Waals surface area contributed by atoms with Crippen LogP contribution in [0.2, 0.25) is 0 Å². The van der Waals surface area contributed by atoms with Crippen LogP contribution in [0, 0.1) is 5.82 Å². The number of nitrogens with two attached hydrogens (primary N) is 1. The van der Waals surface area contributed by atoms with Gasteiger partial charge in [0.05, 0.1) is 24.9 Å². The van der Waals surface area contributed by atoms with E-state index in [0.717, 1.165) is 0 Å². The fourth-order valence-electron chi connectivity index (χ4n) is 2.33. The molecule has 0 atom stereocenters. The summed E-state index contributed by atoms with van der Waals surface area (Å²) in [5.74, 6) is -0.716. The van der Waals surface area contributed by atoms with E-state index in [4.69, 9.17) is 15.6 Å². The quantitative estimate of drug-likeness (QED) is 0.809. The minimum Gasteiger partial charge on any atom is -0.398 e. The number of hydrogen-bond acceptors (Lipinski definition) is 4. The Kier molecular flexibility index (Phi) is 4.92. The molecule has 0 unspecified atom stereocenters. The molecule has 1 aliphatic rings. The number of carbonyl (C=O) groups is 1. The molecule has 0 bridgehead atoms. The van der Waals surface area contributed by atoms with Gasteiger partial charge in [0.1, 0.15) is 5.82 Å². The number of rotatable bonds is 4. The normalized spacial score (nSPS) is 16.4. The van der Waals surface area contributed by atoms with Gasteiger partial charge >= 0.3 is 0 Å². The molecule has 1 saturated heterocycles. The molecule has 0 radical (unpaired) electrons. The van der Waals surface area contributed by atoms with Crippen molar-refractivity contribution in [3.05, 3.63) is 29.6 Å². The number of anilines is 1. The minimum absolute atomic E-state index is 0.00102. The van der Waals surface area contributed by atoms with Crippen molar-refractivity contribution in [3.63, 3.8) is 0 Å². The summed E-state index contributed by atoms with van der Waals surface area (Å²) < 4.78 is 18.6. The predicted molar refractivity (Wildman–Crippen MR) is 72.8 cm³/mol. The summed E-state index contributed by atoms with van der Waals surface area (Å²) in [6.45, 7) is 1.41. The molecule has 1 amide bonds. The molecule has 20 heavy (non-hydrogen) atoms. The van der Waals surface area contributed by atoms with E-state index in [0.29, 0.717) is 32.5 Å². The summed E-state index contributed by atoms with van der Waals surface area (Å²) in [6.07, 6.45) is 1.48. The van der Waals surface area contributed by atoms with Gasteiger partial charge in [-0.15, -0.1) is 0 Å². The number of aliphatic hydroxyl groups is 1. The van der Waals surface area contributed by atoms with E-state index in [1.165, 1.54) is 18.2 Å². The van der Waals surface area contributed by atoms with Crippen molar-refractivity contribution in [3.8, 4) is 0 Å². The van der Waals surface area contributed by atoms with Crippen LogP contribution in [0.5, 0.6) is 0 Å². The first kappa shape index (κ1) is 14.7. The number of piperidine rings is 1. The molecule has 1 aromatic carbocycles. The third-order valence-corrected chi connectivity index (χ3v) is 3.42. The fraction of sp³-hybridized carbons (Fsp3) is 0.500. The van der Waals surface area contributed by atoms with Crippen LogP contribution in [0.4, 0.5) is 10.1 Å². The minimum atomic E-state index is -0.469. The van der Waals surface area contributed by atoms with E-state index in [2.05, 4.69) is 0 Å². The molecule has 1 fully saturated rings. The van der Waals surface area contributed by atoms with Gasteiger partial charge in [-0.25, -0.2) is 4.39 Å². The summed E-state index contributed by atoms with van der Waals surface area (Å²) in [7, 11) is 0. The monoisotopic (exact) mass is 282 g/mol. The Morgan fingerprint density at radius 1 is 1.45 bits per heavy atom. The Bertz CT molecular complexity index is 473. The first-order valence-corrected chi connectivity index (χ1v) is 6.68. The number of carbonyl (C=O) groups excluding carboxylic acids is 1. The van der Waals surface area contributed by atoms with Crippen LogP contribution in [0.25, 0.3) is 0 Å². The number of halogens is 1. The lowest BCUT2D eigenvalue weighted by Gasteiger charge is -2.32. The summed E-state index contributed by atoms with van der Waals surface area (Å²) in [4.78, 5) is 13.9. The summed E-state index contributed by atoms with van der Waals surface area (Å²) in [5, 5.41) is 8.70. The molecule has 0 aromatic heterocycles. The Labute approximate surface area is 117 Å². The molecular formula is C14H19FN2O3. The largest absolute Gasteiger partial charge is 0.398 e. The second-order valence-corrected chi connectivity index (χ2v) is 4.82. The standard InChI is InChI=1S/C14H19FN2O3/c15-10-1-2-13(16)12(9-10)14(19)17-5-3-11(4-6-17)20-8-7-18/h1-2,9,11,18H,3-8,16H2. The SMILES string of the molecule is Nc1ccc(F)cc1C(=O)N1CCC(OCCO)CC1. The maximum absolute atomic E-state index is 13.2. The lowest BCUT2D eigenvalue weighted by atomic mass is 10.1. The van der Waals surface area contributed by atoms with E-state index in [1.54, 1.807) is 4.90 Å². The Morgan fingerprint density at radius 2 is 2.15 bits per heavy atom. The number of nitrogen functional groups attached to an aromatic ring is 1. The second kappa shape index (κ2) is 6.67. The first-order chi connectivity index (χ1) is 9.61. The highest BCUT2D eigenvalue weighted by Crippen LogP contribution is 2.20. The van der Waals surface area contributed by atoms with Gasteiger partial charge in [0.15, 0.2) is 0 Å². The van der Waals surface area contributed by atoms with Crippen molar-refractivity contribution in [1.82, 2.24) is 4.90 Å². The van der Waals surface area contributed by atoms with Crippen molar-refractivity contribution < 1.29 is 19.0 Å². The van der Waals surface area contributed by atoms with Gasteiger partial charge in [-0.1, -0.05) is 0 Å². The summed E-state index contributed by atoms with van der Waals surface area (Å²) in [6, 6.07) is 3.81. The molecule has 6 heteroatoms. The number of hydrogen-bond donors (Lipinski definition) is 2. The maximum atomic E-state index is 13.2. The number of amides is 1. The van der Waals surface area contributed by atoms with E-state index >= 15 is 0 Å². The summed E-state index contributed by atoms with van der Waals surface area (Å²) >= 11 is 0. The van der Waals surface area contributed by atoms with Gasteiger partial charge in [0.2, 0.25) is 0 Å². The first-order valence-electron chi connectivity index (χ1n) is 6.68. The van der Waals surface area contributed by atoms with Crippen molar-refractivity contribution in [1.29, 1.82) is 0 Å². The summed E-state index contributed by atoms with van der Waals surface area (Å²) in [5.41, 5.74) is 6.22. The van der Waals surface area contributed by atoms with E-state index in [9.17, 15) is 9.18 Å². The fourth-order valence-corrected chi connectivity index (χ4v) is 2.33. The average Bonchev–Trinajstić information content (AvgIpc) is 2.47. The van der Waals surface area contributed by atoms with Crippen molar-refractivity contribution in [2.45, 2.75) is 18.9 Å². The lowest BCUT2D eigenvalue weighted by molar-refractivity contribution is -0.00552. The molecule has 1 aromatic rings. The highest BCUT2D eigenvalue weighted by atomic mass is 19.1. The third kappa shape index (κ3) is 3.46. The van der Waals surface area contributed by atoms with Crippen LogP contribution in [0.1, 0.15) is 23.2 Å². The molecule has 1 aliphatic heterocycles. The average molecular weight is 282 g/mol. The van der Waals surface area contributed by atoms with Gasteiger partial charge in [-0.3, -0.25) is 4.79 Å². The molecule has 3 N–H and O–H groups in total. The number of ether oxygens (including phenoxy) is 1. The molecule has 0 saturated carbocycles. The second-order valence-electron chi connectivity index (χ2n) is 4.82. The van der Waals surface area contributed by atoms with Crippen LogP contribution in [-0.2, 0) is 4.74 Å². The number of nitrogens with zero attached hydrogens (tertiary/aromatic N) is 1. The van der Waals surface area contributed by atoms with Crippen LogP contribution in [0.15, 0.2) is 18.2 Å². The van der Waals surface area contributed by atoms with Gasteiger partial charge in [0.25, 0.3) is 5.91 Å².